The summed E-state index contributed by atoms with van der Waals surface area (Å²) in [5.74, 6) is -1.80. The van der Waals surface area contributed by atoms with Gasteiger partial charge in [-0.2, -0.15) is 0 Å². The average Bonchev–Trinajstić information content (AvgIpc) is 3.72. The van der Waals surface area contributed by atoms with Crippen LogP contribution in [0.15, 0.2) is 83.9 Å². The topological polar surface area (TPSA) is 0 Å². The predicted molar refractivity (Wildman–Crippen MR) is 251 cm³/mol. The summed E-state index contributed by atoms with van der Waals surface area (Å²) in [5.41, 5.74) is 18.9. The minimum absolute atomic E-state index is 0.00151. The van der Waals surface area contributed by atoms with Crippen LogP contribution in [0.3, 0.4) is 0 Å². The fraction of sp³-hybridized carbons (Fsp3) is 0.462. The normalized spacial score (nSPS) is 18.4. The van der Waals surface area contributed by atoms with Crippen molar-refractivity contribution in [2.75, 3.05) is 0 Å². The van der Waals surface area contributed by atoms with Gasteiger partial charge in [-0.05, 0) is 0 Å². The van der Waals surface area contributed by atoms with Crippen molar-refractivity contribution in [3.63, 3.8) is 0 Å². The number of benzene rings is 4. The molecule has 6 rings (SSSR count). The summed E-state index contributed by atoms with van der Waals surface area (Å²) in [5, 5.41) is 0. The molecule has 2 unspecified atom stereocenters. The Morgan fingerprint density at radius 2 is 0.839 bits per heavy atom. The Balaban J connectivity index is 1.77. The van der Waals surface area contributed by atoms with E-state index >= 15 is 0 Å². The molecule has 4 heteroatoms. The second kappa shape index (κ2) is 14.6. The van der Waals surface area contributed by atoms with E-state index in [4.69, 9.17) is 17.0 Å². The molecule has 0 radical (unpaired) electrons. The number of hydrogen-bond donors (Lipinski definition) is 0. The third-order valence-electron chi connectivity index (χ3n) is 13.3. The molecule has 0 fully saturated rings. The first-order valence-electron chi connectivity index (χ1n) is 21.3. The standard InChI is InChI=1S/2C25H31.C2H7Si.2ClH.Zr/c2*1-8-17-11-9-10-12-20(17)23-21-16-19(24(2,3)4)15-18(21)13-14-22(23)25(5,6)7;1-3-2;;;/h2*9-16H,8H2,1-7H3;3H,1-2H3;2*1H;/q;;;;;+2/p-2. The average molecular weight is 884 g/mol. The van der Waals surface area contributed by atoms with Gasteiger partial charge in [0.2, 0.25) is 0 Å². The van der Waals surface area contributed by atoms with E-state index in [1.165, 1.54) is 77.9 Å². The Bertz CT molecular complexity index is 2090. The number of hydrogen-bond acceptors (Lipinski definition) is 0. The number of aryl methyl sites for hydroxylation is 2. The number of rotatable bonds is 7. The van der Waals surface area contributed by atoms with Gasteiger partial charge >= 0.3 is 353 Å². The molecule has 0 amide bonds. The third kappa shape index (κ3) is 7.11. The molecule has 2 aliphatic carbocycles. The van der Waals surface area contributed by atoms with E-state index in [9.17, 15) is 0 Å². The Kier molecular flexibility index (Phi) is 11.4. The number of fused-ring (bicyclic) bond motifs is 2. The molecule has 2 atom stereocenters. The Morgan fingerprint density at radius 1 is 0.500 bits per heavy atom. The summed E-state index contributed by atoms with van der Waals surface area (Å²) in [6.07, 6.45) is 7.12. The van der Waals surface area contributed by atoms with Gasteiger partial charge in [0.25, 0.3) is 0 Å². The summed E-state index contributed by atoms with van der Waals surface area (Å²) >= 11 is -5.18. The Hall–Kier alpha value is -1.96. The molecular weight excluding hydrogens is 815 g/mol. The first kappa shape index (κ1) is 43.6. The fourth-order valence-electron chi connectivity index (χ4n) is 10.2. The zero-order valence-corrected chi connectivity index (χ0v) is 42.6. The second-order valence-electron chi connectivity index (χ2n) is 21.4. The van der Waals surface area contributed by atoms with Crippen molar-refractivity contribution in [2.45, 2.75) is 141 Å². The SMILES string of the molecule is CCc1ccccc1-c1c(C(C)(C)C)ccc2c1C=C(C(C)(C)C)[CH]2[Zr]([Cl])([Cl])([CH]1C(C(C)(C)C)=Cc2c1ccc(C(C)(C)C)c2-c1ccccc1CC)[SiH](C)C. The minimum atomic E-state index is -5.18. The molecule has 0 bridgehead atoms. The van der Waals surface area contributed by atoms with Crippen molar-refractivity contribution in [1.29, 1.82) is 0 Å². The molecule has 0 N–H and O–H groups in total. The molecule has 0 aliphatic heterocycles. The van der Waals surface area contributed by atoms with Gasteiger partial charge in [-0.25, -0.2) is 0 Å². The molecule has 0 spiro atoms. The third-order valence-corrected chi connectivity index (χ3v) is 64.8. The van der Waals surface area contributed by atoms with Gasteiger partial charge in [-0.15, -0.1) is 0 Å². The summed E-state index contributed by atoms with van der Waals surface area (Å²) in [6.45, 7) is 38.1. The van der Waals surface area contributed by atoms with Crippen molar-refractivity contribution in [3.05, 3.63) is 128 Å². The molecule has 299 valence electrons. The first-order valence-corrected chi connectivity index (χ1v) is 37.6. The van der Waals surface area contributed by atoms with Gasteiger partial charge in [0.1, 0.15) is 0 Å². The summed E-state index contributed by atoms with van der Waals surface area (Å²) < 4.78 is -0.00302. The van der Waals surface area contributed by atoms with Crippen LogP contribution in [-0.4, -0.2) is 5.92 Å². The summed E-state index contributed by atoms with van der Waals surface area (Å²) in [4.78, 5) is 0. The monoisotopic (exact) mass is 881 g/mol. The van der Waals surface area contributed by atoms with Gasteiger partial charge in [0, 0.05) is 0 Å². The van der Waals surface area contributed by atoms with E-state index in [0.29, 0.717) is 0 Å². The molecule has 0 aromatic heterocycles. The zero-order valence-electron chi connectivity index (χ0n) is 37.5. The van der Waals surface area contributed by atoms with Gasteiger partial charge in [-0.3, -0.25) is 0 Å². The van der Waals surface area contributed by atoms with Crippen LogP contribution >= 0.6 is 17.0 Å². The van der Waals surface area contributed by atoms with E-state index in [2.05, 4.69) is 195 Å². The summed E-state index contributed by atoms with van der Waals surface area (Å²) in [7, 11) is 18.3. The van der Waals surface area contributed by atoms with Crippen LogP contribution in [0.4, 0.5) is 0 Å². The maximum absolute atomic E-state index is 9.13. The predicted octanol–water partition coefficient (Wildman–Crippen LogP) is 16.4. The fourth-order valence-corrected chi connectivity index (χ4v) is 41.6. The van der Waals surface area contributed by atoms with E-state index < -0.39 is 21.5 Å². The van der Waals surface area contributed by atoms with E-state index in [1.54, 1.807) is 0 Å². The van der Waals surface area contributed by atoms with E-state index in [-0.39, 0.29) is 28.9 Å². The molecule has 2 aliphatic rings. The molecule has 0 saturated carbocycles. The van der Waals surface area contributed by atoms with Crippen molar-refractivity contribution >= 4 is 35.1 Å². The first-order chi connectivity index (χ1) is 25.8. The second-order valence-corrected chi connectivity index (χ2v) is 64.0. The van der Waals surface area contributed by atoms with Gasteiger partial charge in [0.05, 0.1) is 0 Å². The maximum atomic E-state index is 9.13. The molecule has 4 aromatic carbocycles. The van der Waals surface area contributed by atoms with Gasteiger partial charge in [-0.1, -0.05) is 0 Å². The molecule has 56 heavy (non-hydrogen) atoms. The zero-order chi connectivity index (χ0) is 41.6. The van der Waals surface area contributed by atoms with Crippen LogP contribution in [0, 0.1) is 10.8 Å². The number of allylic oxidation sites excluding steroid dienone is 2. The summed E-state index contributed by atoms with van der Waals surface area (Å²) in [6, 6.07) is 27.9. The molecule has 0 nitrogen and oxygen atoms in total. The van der Waals surface area contributed by atoms with Gasteiger partial charge in [0.15, 0.2) is 0 Å². The van der Waals surface area contributed by atoms with Crippen LogP contribution < -0.4 is 0 Å². The van der Waals surface area contributed by atoms with Crippen LogP contribution in [0.25, 0.3) is 34.4 Å². The molecule has 0 saturated heterocycles. The quantitative estimate of drug-likeness (QED) is 0.162. The Labute approximate surface area is 350 Å². The van der Waals surface area contributed by atoms with Crippen molar-refractivity contribution in [1.82, 2.24) is 0 Å². The van der Waals surface area contributed by atoms with Crippen molar-refractivity contribution < 1.29 is 15.6 Å². The Morgan fingerprint density at radius 3 is 1.12 bits per heavy atom. The molecular formula is C52H69Cl2SiZr. The van der Waals surface area contributed by atoms with Crippen molar-refractivity contribution in [2.24, 2.45) is 10.8 Å². The van der Waals surface area contributed by atoms with E-state index in [0.717, 1.165) is 12.8 Å². The van der Waals surface area contributed by atoms with Crippen LogP contribution in [0.5, 0.6) is 0 Å². The van der Waals surface area contributed by atoms with Crippen LogP contribution in [0.1, 0.15) is 149 Å². The van der Waals surface area contributed by atoms with Gasteiger partial charge < -0.3 is 0 Å². The van der Waals surface area contributed by atoms with Crippen LogP contribution in [0.2, 0.25) is 13.1 Å². The van der Waals surface area contributed by atoms with E-state index in [1.807, 2.05) is 0 Å². The van der Waals surface area contributed by atoms with Crippen molar-refractivity contribution in [3.8, 4) is 22.3 Å². The molecule has 4 aromatic rings. The van der Waals surface area contributed by atoms with Crippen LogP contribution in [-0.2, 0) is 39.2 Å². The number of halogens is 2. The molecule has 0 heterocycles.